The summed E-state index contributed by atoms with van der Waals surface area (Å²) in [5.41, 5.74) is 0. The molecular formula is C7H10ClN5O2S. The Hall–Kier alpha value is -1.41. The van der Waals surface area contributed by atoms with E-state index in [1.807, 2.05) is 0 Å². The number of hydrogen-bond acceptors (Lipinski definition) is 4. The molecule has 0 aliphatic rings. The first-order valence-electron chi connectivity index (χ1n) is 4.23. The average Bonchev–Trinajstić information content (AvgIpc) is 2.58. The molecule has 1 heterocycles. The highest BCUT2D eigenvalue weighted by molar-refractivity contribution is 7.15. The highest BCUT2D eigenvalue weighted by atomic mass is 35.5. The second kappa shape index (κ2) is 5.61. The topological polar surface area (TPSA) is 83.7 Å². The summed E-state index contributed by atoms with van der Waals surface area (Å²) in [7, 11) is 3.32. The summed E-state index contributed by atoms with van der Waals surface area (Å²) in [6.07, 6.45) is 1.61. The first-order chi connectivity index (χ1) is 7.49. The van der Waals surface area contributed by atoms with Gasteiger partial charge in [-0.2, -0.15) is 0 Å². The average molecular weight is 264 g/mol. The van der Waals surface area contributed by atoms with Gasteiger partial charge in [0.2, 0.25) is 0 Å². The van der Waals surface area contributed by atoms with Gasteiger partial charge in [0.25, 0.3) is 5.96 Å². The Labute approximate surface area is 101 Å². The molecule has 0 amide bonds. The van der Waals surface area contributed by atoms with Crippen molar-refractivity contribution in [1.29, 1.82) is 0 Å². The molecule has 0 aliphatic carbocycles. The van der Waals surface area contributed by atoms with Gasteiger partial charge in [-0.15, -0.1) is 11.3 Å². The molecule has 1 aromatic heterocycles. The van der Waals surface area contributed by atoms with Crippen LogP contribution < -0.4 is 5.32 Å². The summed E-state index contributed by atoms with van der Waals surface area (Å²) in [6, 6.07) is 0. The van der Waals surface area contributed by atoms with Crippen molar-refractivity contribution in [3.05, 3.63) is 25.7 Å². The fourth-order valence-electron chi connectivity index (χ4n) is 0.892. The zero-order valence-corrected chi connectivity index (χ0v) is 10.2. The Balaban J connectivity index is 2.60. The molecule has 0 aromatic carbocycles. The van der Waals surface area contributed by atoms with Crippen LogP contribution in [0.25, 0.3) is 0 Å². The molecule has 1 aromatic rings. The van der Waals surface area contributed by atoms with Crippen LogP contribution in [0.4, 0.5) is 0 Å². The highest BCUT2D eigenvalue weighted by Crippen LogP contribution is 2.17. The lowest BCUT2D eigenvalue weighted by molar-refractivity contribution is -0.485. The lowest BCUT2D eigenvalue weighted by atomic mass is 10.5. The third-order valence-corrected chi connectivity index (χ3v) is 2.66. The van der Waals surface area contributed by atoms with E-state index in [2.05, 4.69) is 15.4 Å². The first kappa shape index (κ1) is 12.7. The van der Waals surface area contributed by atoms with Gasteiger partial charge in [0, 0.05) is 25.2 Å². The predicted molar refractivity (Wildman–Crippen MR) is 62.1 cm³/mol. The Bertz CT molecular complexity index is 405. The van der Waals surface area contributed by atoms with Crippen LogP contribution in [0.2, 0.25) is 4.47 Å². The van der Waals surface area contributed by atoms with Gasteiger partial charge in [-0.1, -0.05) is 11.6 Å². The number of nitro groups is 1. The standard InChI is InChI=1S/C7H10ClN5O2S/c1-12(2)7(11-13(14)15)10-4-5-3-9-6(8)16-5/h3H,4H2,1-2H3,(H,10,11). The predicted octanol–water partition coefficient (Wildman–Crippen LogP) is 0.995. The van der Waals surface area contributed by atoms with E-state index in [0.717, 1.165) is 4.88 Å². The summed E-state index contributed by atoms with van der Waals surface area (Å²) in [5.74, 6) is 0.175. The fourth-order valence-corrected chi connectivity index (χ4v) is 1.81. The van der Waals surface area contributed by atoms with Crippen LogP contribution in [-0.2, 0) is 6.54 Å². The smallest absolute Gasteiger partial charge is 0.271 e. The lowest BCUT2D eigenvalue weighted by Crippen LogP contribution is -2.36. The molecule has 0 saturated carbocycles. The molecule has 0 spiro atoms. The molecule has 0 fully saturated rings. The Morgan fingerprint density at radius 2 is 2.50 bits per heavy atom. The molecule has 1 N–H and O–H groups in total. The quantitative estimate of drug-likeness (QED) is 0.381. The van der Waals surface area contributed by atoms with E-state index in [-0.39, 0.29) is 5.96 Å². The van der Waals surface area contributed by atoms with Crippen molar-refractivity contribution in [1.82, 2.24) is 15.2 Å². The third-order valence-electron chi connectivity index (χ3n) is 1.55. The maximum atomic E-state index is 10.3. The number of rotatable bonds is 3. The van der Waals surface area contributed by atoms with Crippen molar-refractivity contribution < 1.29 is 5.03 Å². The Kier molecular flexibility index (Phi) is 4.44. The molecule has 7 nitrogen and oxygen atoms in total. The van der Waals surface area contributed by atoms with Gasteiger partial charge >= 0.3 is 0 Å². The molecule has 16 heavy (non-hydrogen) atoms. The van der Waals surface area contributed by atoms with Crippen molar-refractivity contribution in [3.8, 4) is 0 Å². The normalized spacial score (nSPS) is 11.3. The molecule has 88 valence electrons. The van der Waals surface area contributed by atoms with Gasteiger partial charge in [-0.05, 0) is 0 Å². The van der Waals surface area contributed by atoms with Crippen LogP contribution in [0.3, 0.4) is 0 Å². The monoisotopic (exact) mass is 263 g/mol. The highest BCUT2D eigenvalue weighted by Gasteiger charge is 2.08. The first-order valence-corrected chi connectivity index (χ1v) is 5.43. The van der Waals surface area contributed by atoms with Gasteiger partial charge < -0.3 is 10.2 Å². The second-order valence-corrected chi connectivity index (χ2v) is 4.69. The van der Waals surface area contributed by atoms with Crippen molar-refractivity contribution in [2.45, 2.75) is 6.54 Å². The minimum absolute atomic E-state index is 0.175. The van der Waals surface area contributed by atoms with E-state index in [9.17, 15) is 10.1 Å². The Morgan fingerprint density at radius 1 is 1.81 bits per heavy atom. The van der Waals surface area contributed by atoms with E-state index < -0.39 is 5.03 Å². The maximum Gasteiger partial charge on any atom is 0.271 e. The summed E-state index contributed by atoms with van der Waals surface area (Å²) in [6.45, 7) is 0.398. The fraction of sp³-hybridized carbons (Fsp3) is 0.429. The molecule has 0 unspecified atom stereocenters. The van der Waals surface area contributed by atoms with Gasteiger partial charge in [-0.25, -0.2) is 15.1 Å². The lowest BCUT2D eigenvalue weighted by Gasteiger charge is -2.13. The molecule has 0 atom stereocenters. The van der Waals surface area contributed by atoms with E-state index in [1.165, 1.54) is 16.2 Å². The molecule has 0 radical (unpaired) electrons. The number of aromatic nitrogens is 1. The van der Waals surface area contributed by atoms with E-state index in [0.29, 0.717) is 11.0 Å². The largest absolute Gasteiger partial charge is 0.346 e. The van der Waals surface area contributed by atoms with E-state index in [4.69, 9.17) is 11.6 Å². The van der Waals surface area contributed by atoms with Crippen LogP contribution >= 0.6 is 22.9 Å². The molecule has 1 rings (SSSR count). The summed E-state index contributed by atoms with van der Waals surface area (Å²) in [4.78, 5) is 16.5. The summed E-state index contributed by atoms with van der Waals surface area (Å²) < 4.78 is 0.439. The number of hydrazone groups is 1. The van der Waals surface area contributed by atoms with Crippen molar-refractivity contribution in [2.24, 2.45) is 5.10 Å². The van der Waals surface area contributed by atoms with Crippen LogP contribution in [0.1, 0.15) is 4.88 Å². The van der Waals surface area contributed by atoms with Crippen LogP contribution in [0.5, 0.6) is 0 Å². The number of halogens is 1. The van der Waals surface area contributed by atoms with Crippen molar-refractivity contribution >= 4 is 28.9 Å². The number of nitrogens with one attached hydrogen (secondary N) is 1. The molecule has 0 aliphatic heterocycles. The third kappa shape index (κ3) is 3.99. The minimum atomic E-state index is -0.748. The van der Waals surface area contributed by atoms with Crippen molar-refractivity contribution in [2.75, 3.05) is 14.1 Å². The molecule has 0 saturated heterocycles. The van der Waals surface area contributed by atoms with Gasteiger partial charge in [0.05, 0.1) is 6.54 Å². The zero-order chi connectivity index (χ0) is 12.1. The number of nitrogens with zero attached hydrogens (tertiary/aromatic N) is 4. The van der Waals surface area contributed by atoms with Crippen LogP contribution in [0.15, 0.2) is 11.3 Å². The van der Waals surface area contributed by atoms with Gasteiger partial charge in [0.15, 0.2) is 9.50 Å². The molecular weight excluding hydrogens is 254 g/mol. The SMILES string of the molecule is CN(C)/C(=N\[N+](=O)[O-])NCc1cnc(Cl)s1. The van der Waals surface area contributed by atoms with Gasteiger partial charge in [-0.3, -0.25) is 0 Å². The van der Waals surface area contributed by atoms with E-state index in [1.54, 1.807) is 20.3 Å². The minimum Gasteiger partial charge on any atom is -0.346 e. The number of thiazole rings is 1. The second-order valence-electron chi connectivity index (χ2n) is 2.99. The number of guanidine groups is 1. The van der Waals surface area contributed by atoms with Crippen LogP contribution in [-0.4, -0.2) is 35.0 Å². The maximum absolute atomic E-state index is 10.3. The van der Waals surface area contributed by atoms with Crippen LogP contribution in [0, 0.1) is 10.1 Å². The van der Waals surface area contributed by atoms with Crippen molar-refractivity contribution in [3.63, 3.8) is 0 Å². The summed E-state index contributed by atoms with van der Waals surface area (Å²) in [5, 5.41) is 15.5. The zero-order valence-electron chi connectivity index (χ0n) is 8.68. The van der Waals surface area contributed by atoms with Gasteiger partial charge in [0.1, 0.15) is 5.10 Å². The number of hydrogen-bond donors (Lipinski definition) is 1. The summed E-state index contributed by atoms with van der Waals surface area (Å²) >= 11 is 6.96. The Morgan fingerprint density at radius 3 is 2.94 bits per heavy atom. The van der Waals surface area contributed by atoms with E-state index >= 15 is 0 Å². The molecule has 9 heteroatoms. The molecule has 0 bridgehead atoms.